The largest absolute Gasteiger partial charge is 0.396 e. The minimum atomic E-state index is -2.81. The van der Waals surface area contributed by atoms with Gasteiger partial charge in [0.05, 0.1) is 11.5 Å². The maximum Gasteiger partial charge on any atom is 0.150 e. The first kappa shape index (κ1) is 12.9. The van der Waals surface area contributed by atoms with E-state index in [0.717, 1.165) is 30.6 Å². The summed E-state index contributed by atoms with van der Waals surface area (Å²) < 4.78 is 23.1. The molecule has 2 saturated carbocycles. The molecule has 4 heteroatoms. The van der Waals surface area contributed by atoms with E-state index in [1.807, 2.05) is 0 Å². The Morgan fingerprint density at radius 2 is 2.00 bits per heavy atom. The Labute approximate surface area is 110 Å². The molecule has 0 aromatic rings. The van der Waals surface area contributed by atoms with E-state index in [-0.39, 0.29) is 18.4 Å². The Bertz CT molecular complexity index is 403. The lowest BCUT2D eigenvalue weighted by Crippen LogP contribution is -2.25. The van der Waals surface area contributed by atoms with E-state index in [1.54, 1.807) is 0 Å². The molecule has 3 aliphatic rings. The highest BCUT2D eigenvalue weighted by Crippen LogP contribution is 2.51. The number of aliphatic hydroxyl groups excluding tert-OH is 1. The lowest BCUT2D eigenvalue weighted by molar-refractivity contribution is 0.141. The van der Waals surface area contributed by atoms with Crippen LogP contribution < -0.4 is 0 Å². The van der Waals surface area contributed by atoms with Crippen LogP contribution in [0.2, 0.25) is 0 Å². The zero-order chi connectivity index (χ0) is 12.8. The van der Waals surface area contributed by atoms with E-state index in [0.29, 0.717) is 11.5 Å². The van der Waals surface area contributed by atoms with Crippen LogP contribution in [0.4, 0.5) is 0 Å². The zero-order valence-electron chi connectivity index (χ0n) is 10.9. The topological polar surface area (TPSA) is 54.4 Å². The van der Waals surface area contributed by atoms with Gasteiger partial charge in [-0.2, -0.15) is 0 Å². The summed E-state index contributed by atoms with van der Waals surface area (Å²) >= 11 is 0. The number of hydrogen-bond acceptors (Lipinski definition) is 3. The molecule has 0 spiro atoms. The van der Waals surface area contributed by atoms with Gasteiger partial charge in [-0.25, -0.2) is 8.42 Å². The normalized spacial score (nSPS) is 43.4. The molecule has 1 heterocycles. The minimum absolute atomic E-state index is 0.175. The molecule has 104 valence electrons. The van der Waals surface area contributed by atoms with Crippen LogP contribution in [0.3, 0.4) is 0 Å². The molecule has 3 nitrogen and oxygen atoms in total. The van der Waals surface area contributed by atoms with Crippen LogP contribution in [0.25, 0.3) is 0 Å². The Morgan fingerprint density at radius 1 is 1.17 bits per heavy atom. The number of fused-ring (bicyclic) bond motifs is 2. The van der Waals surface area contributed by atoms with Crippen molar-refractivity contribution in [2.45, 2.75) is 38.5 Å². The van der Waals surface area contributed by atoms with E-state index in [2.05, 4.69) is 0 Å². The van der Waals surface area contributed by atoms with Gasteiger partial charge in [0, 0.05) is 6.61 Å². The maximum absolute atomic E-state index is 11.5. The number of hydrogen-bond donors (Lipinski definition) is 1. The monoisotopic (exact) mass is 272 g/mol. The molecule has 0 amide bonds. The van der Waals surface area contributed by atoms with Crippen LogP contribution in [0, 0.1) is 29.6 Å². The summed E-state index contributed by atoms with van der Waals surface area (Å²) in [7, 11) is -2.81. The number of sulfone groups is 1. The molecule has 18 heavy (non-hydrogen) atoms. The fourth-order valence-corrected chi connectivity index (χ4v) is 6.59. The summed E-state index contributed by atoms with van der Waals surface area (Å²) in [5, 5.41) is 9.59. The summed E-state index contributed by atoms with van der Waals surface area (Å²) in [5.74, 6) is 3.69. The van der Waals surface area contributed by atoms with Crippen molar-refractivity contribution in [2.75, 3.05) is 18.1 Å². The van der Waals surface area contributed by atoms with Crippen LogP contribution in [0.15, 0.2) is 0 Å². The molecule has 3 rings (SSSR count). The number of aliphatic hydroxyl groups is 1. The predicted octanol–water partition coefficient (Wildman–Crippen LogP) is 1.86. The second-order valence-corrected chi connectivity index (χ2v) is 9.01. The van der Waals surface area contributed by atoms with Crippen molar-refractivity contribution in [3.63, 3.8) is 0 Å². The third-order valence-electron chi connectivity index (χ3n) is 5.66. The highest BCUT2D eigenvalue weighted by molar-refractivity contribution is 7.91. The smallest absolute Gasteiger partial charge is 0.150 e. The number of rotatable bonds is 4. The molecule has 1 saturated heterocycles. The fraction of sp³-hybridized carbons (Fsp3) is 1.00. The van der Waals surface area contributed by atoms with Crippen LogP contribution in [-0.4, -0.2) is 31.6 Å². The SMILES string of the molecule is O=S1(=O)CCC(C(CO)CC2CC3CCC2C3)C1. The Morgan fingerprint density at radius 3 is 2.50 bits per heavy atom. The van der Waals surface area contributed by atoms with E-state index in [9.17, 15) is 13.5 Å². The first-order valence-corrected chi connectivity index (χ1v) is 9.21. The van der Waals surface area contributed by atoms with Gasteiger partial charge < -0.3 is 5.11 Å². The van der Waals surface area contributed by atoms with Gasteiger partial charge in [-0.05, 0) is 61.7 Å². The standard InChI is InChI=1S/C14H24O3S/c15-8-14(12-3-4-18(16,17)9-12)7-13-6-10-1-2-11(13)5-10/h10-15H,1-9H2. The summed E-state index contributed by atoms with van der Waals surface area (Å²) in [6, 6.07) is 0. The molecule has 0 aromatic carbocycles. The first-order valence-electron chi connectivity index (χ1n) is 7.38. The van der Waals surface area contributed by atoms with Crippen LogP contribution >= 0.6 is 0 Å². The molecule has 2 bridgehead atoms. The van der Waals surface area contributed by atoms with Crippen LogP contribution in [0.1, 0.15) is 38.5 Å². The van der Waals surface area contributed by atoms with Crippen molar-refractivity contribution in [3.8, 4) is 0 Å². The van der Waals surface area contributed by atoms with Gasteiger partial charge in [0.1, 0.15) is 0 Å². The lowest BCUT2D eigenvalue weighted by atomic mass is 9.78. The van der Waals surface area contributed by atoms with Gasteiger partial charge in [0.2, 0.25) is 0 Å². The molecule has 5 unspecified atom stereocenters. The Hall–Kier alpha value is -0.0900. The van der Waals surface area contributed by atoms with Gasteiger partial charge in [-0.1, -0.05) is 6.42 Å². The molecule has 2 aliphatic carbocycles. The highest BCUT2D eigenvalue weighted by atomic mass is 32.2. The summed E-state index contributed by atoms with van der Waals surface area (Å²) in [4.78, 5) is 0. The van der Waals surface area contributed by atoms with Gasteiger partial charge in [-0.3, -0.25) is 0 Å². The quantitative estimate of drug-likeness (QED) is 0.850. The highest BCUT2D eigenvalue weighted by Gasteiger charge is 2.42. The molecular weight excluding hydrogens is 248 g/mol. The predicted molar refractivity (Wildman–Crippen MR) is 70.9 cm³/mol. The van der Waals surface area contributed by atoms with Crippen LogP contribution in [0.5, 0.6) is 0 Å². The van der Waals surface area contributed by atoms with Crippen molar-refractivity contribution in [3.05, 3.63) is 0 Å². The van der Waals surface area contributed by atoms with E-state index >= 15 is 0 Å². The maximum atomic E-state index is 11.5. The average Bonchev–Trinajstić information content (AvgIpc) is 3.00. The molecule has 1 N–H and O–H groups in total. The van der Waals surface area contributed by atoms with Gasteiger partial charge in [-0.15, -0.1) is 0 Å². The van der Waals surface area contributed by atoms with Crippen molar-refractivity contribution >= 4 is 9.84 Å². The van der Waals surface area contributed by atoms with E-state index in [4.69, 9.17) is 0 Å². The van der Waals surface area contributed by atoms with E-state index in [1.165, 1.54) is 25.7 Å². The molecule has 3 fully saturated rings. The average molecular weight is 272 g/mol. The third kappa shape index (κ3) is 2.46. The third-order valence-corrected chi connectivity index (χ3v) is 7.45. The Kier molecular flexibility index (Phi) is 3.43. The molecule has 1 aliphatic heterocycles. The second-order valence-electron chi connectivity index (χ2n) is 6.78. The van der Waals surface area contributed by atoms with Gasteiger partial charge in [0.15, 0.2) is 9.84 Å². The van der Waals surface area contributed by atoms with E-state index < -0.39 is 9.84 Å². The summed E-state index contributed by atoms with van der Waals surface area (Å²) in [6.45, 7) is 0.175. The first-order chi connectivity index (χ1) is 8.57. The summed E-state index contributed by atoms with van der Waals surface area (Å²) in [6.07, 6.45) is 7.35. The molecule has 5 atom stereocenters. The summed E-state index contributed by atoms with van der Waals surface area (Å²) in [5.41, 5.74) is 0. The zero-order valence-corrected chi connectivity index (χ0v) is 11.7. The van der Waals surface area contributed by atoms with Gasteiger partial charge in [0.25, 0.3) is 0 Å². The fourth-order valence-electron chi connectivity index (χ4n) is 4.67. The Balaban J connectivity index is 1.60. The lowest BCUT2D eigenvalue weighted by Gasteiger charge is -2.28. The molecule has 0 radical (unpaired) electrons. The molecule has 0 aromatic heterocycles. The van der Waals surface area contributed by atoms with Gasteiger partial charge >= 0.3 is 0 Å². The van der Waals surface area contributed by atoms with Crippen molar-refractivity contribution in [1.82, 2.24) is 0 Å². The van der Waals surface area contributed by atoms with Crippen molar-refractivity contribution in [2.24, 2.45) is 29.6 Å². The minimum Gasteiger partial charge on any atom is -0.396 e. The van der Waals surface area contributed by atoms with Crippen LogP contribution in [-0.2, 0) is 9.84 Å². The molecular formula is C14H24O3S. The van der Waals surface area contributed by atoms with Crippen molar-refractivity contribution < 1.29 is 13.5 Å². The second kappa shape index (κ2) is 4.78. The van der Waals surface area contributed by atoms with Crippen molar-refractivity contribution in [1.29, 1.82) is 0 Å².